The van der Waals surface area contributed by atoms with Crippen LogP contribution in [0.3, 0.4) is 0 Å². The molecule has 0 aliphatic heterocycles. The van der Waals surface area contributed by atoms with Crippen LogP contribution in [0.5, 0.6) is 0 Å². The molecule has 0 saturated heterocycles. The van der Waals surface area contributed by atoms with E-state index in [-0.39, 0.29) is 6.29 Å². The lowest BCUT2D eigenvalue weighted by Crippen LogP contribution is -2.51. The van der Waals surface area contributed by atoms with Crippen LogP contribution in [-0.2, 0) is 18.9 Å². The van der Waals surface area contributed by atoms with Crippen LogP contribution >= 0.6 is 0 Å². The molecular formula is C9H18O4. The molecule has 0 aromatic rings. The topological polar surface area (TPSA) is 36.9 Å². The zero-order chi connectivity index (χ0) is 9.90. The van der Waals surface area contributed by atoms with Gasteiger partial charge in [0.1, 0.15) is 0 Å². The molecule has 1 saturated carbocycles. The molecule has 0 unspecified atom stereocenters. The van der Waals surface area contributed by atoms with Gasteiger partial charge in [-0.05, 0) is 0 Å². The third-order valence-corrected chi connectivity index (χ3v) is 2.74. The molecule has 4 heteroatoms. The van der Waals surface area contributed by atoms with Crippen molar-refractivity contribution in [3.63, 3.8) is 0 Å². The molecule has 4 nitrogen and oxygen atoms in total. The van der Waals surface area contributed by atoms with E-state index >= 15 is 0 Å². The number of hydrogen-bond donors (Lipinski definition) is 0. The van der Waals surface area contributed by atoms with Crippen LogP contribution in [0.4, 0.5) is 0 Å². The van der Waals surface area contributed by atoms with E-state index in [4.69, 9.17) is 18.9 Å². The summed E-state index contributed by atoms with van der Waals surface area (Å²) in [4.78, 5) is 0. The van der Waals surface area contributed by atoms with Crippen molar-refractivity contribution in [2.75, 3.05) is 28.4 Å². The molecule has 13 heavy (non-hydrogen) atoms. The Morgan fingerprint density at radius 3 is 1.77 bits per heavy atom. The van der Waals surface area contributed by atoms with Crippen LogP contribution in [0.1, 0.15) is 12.8 Å². The second-order valence-corrected chi connectivity index (χ2v) is 3.33. The first kappa shape index (κ1) is 10.9. The molecule has 0 aromatic heterocycles. The second-order valence-electron chi connectivity index (χ2n) is 3.33. The van der Waals surface area contributed by atoms with Gasteiger partial charge < -0.3 is 18.9 Å². The van der Waals surface area contributed by atoms with E-state index in [1.165, 1.54) is 0 Å². The molecule has 0 N–H and O–H groups in total. The van der Waals surface area contributed by atoms with Gasteiger partial charge in [-0.2, -0.15) is 0 Å². The fourth-order valence-corrected chi connectivity index (χ4v) is 1.83. The summed E-state index contributed by atoms with van der Waals surface area (Å²) in [6.45, 7) is 0. The van der Waals surface area contributed by atoms with E-state index in [1.807, 2.05) is 0 Å². The van der Waals surface area contributed by atoms with E-state index in [0.29, 0.717) is 5.92 Å². The molecular weight excluding hydrogens is 172 g/mol. The maximum absolute atomic E-state index is 5.26. The molecule has 0 radical (unpaired) electrons. The van der Waals surface area contributed by atoms with E-state index in [2.05, 4.69) is 0 Å². The van der Waals surface area contributed by atoms with Gasteiger partial charge in [-0.15, -0.1) is 0 Å². The molecule has 0 spiro atoms. The lowest BCUT2D eigenvalue weighted by atomic mass is 9.78. The van der Waals surface area contributed by atoms with Crippen molar-refractivity contribution >= 4 is 0 Å². The van der Waals surface area contributed by atoms with Crippen molar-refractivity contribution in [2.24, 2.45) is 5.92 Å². The highest BCUT2D eigenvalue weighted by atomic mass is 16.7. The molecule has 1 fully saturated rings. The average Bonchev–Trinajstić information content (AvgIpc) is 2.11. The minimum atomic E-state index is -0.403. The standard InChI is InChI=1S/C9H18O4/c1-10-8(11-2)7-5-9(6-7,12-3)13-4/h7-8H,5-6H2,1-4H3. The Hall–Kier alpha value is -0.160. The first-order valence-corrected chi connectivity index (χ1v) is 4.37. The van der Waals surface area contributed by atoms with Crippen molar-refractivity contribution in [2.45, 2.75) is 24.9 Å². The minimum absolute atomic E-state index is 0.140. The molecule has 1 aliphatic carbocycles. The van der Waals surface area contributed by atoms with Crippen LogP contribution in [0, 0.1) is 5.92 Å². The molecule has 0 atom stereocenters. The molecule has 0 amide bonds. The SMILES string of the molecule is COC(OC)C1CC(OC)(OC)C1. The lowest BCUT2D eigenvalue weighted by molar-refractivity contribution is -0.303. The highest BCUT2D eigenvalue weighted by molar-refractivity contribution is 4.89. The number of hydrogen-bond acceptors (Lipinski definition) is 4. The Kier molecular flexibility index (Phi) is 3.67. The van der Waals surface area contributed by atoms with Gasteiger partial charge in [-0.1, -0.05) is 0 Å². The van der Waals surface area contributed by atoms with Crippen LogP contribution in [-0.4, -0.2) is 40.5 Å². The van der Waals surface area contributed by atoms with Crippen LogP contribution in [0.2, 0.25) is 0 Å². The van der Waals surface area contributed by atoms with Crippen molar-refractivity contribution in [1.29, 1.82) is 0 Å². The Labute approximate surface area is 79.1 Å². The van der Waals surface area contributed by atoms with Gasteiger partial charge in [0.05, 0.1) is 0 Å². The number of rotatable bonds is 5. The second kappa shape index (κ2) is 4.37. The molecule has 1 rings (SSSR count). The van der Waals surface area contributed by atoms with Crippen molar-refractivity contribution in [1.82, 2.24) is 0 Å². The van der Waals surface area contributed by atoms with Crippen molar-refractivity contribution < 1.29 is 18.9 Å². The van der Waals surface area contributed by atoms with Gasteiger partial charge in [-0.25, -0.2) is 0 Å². The van der Waals surface area contributed by atoms with Gasteiger partial charge in [0.2, 0.25) is 0 Å². The largest absolute Gasteiger partial charge is 0.356 e. The normalized spacial score (nSPS) is 21.9. The van der Waals surface area contributed by atoms with E-state index in [0.717, 1.165) is 12.8 Å². The van der Waals surface area contributed by atoms with Crippen LogP contribution < -0.4 is 0 Å². The third kappa shape index (κ3) is 2.02. The van der Waals surface area contributed by atoms with Crippen molar-refractivity contribution in [3.05, 3.63) is 0 Å². The molecule has 0 heterocycles. The summed E-state index contributed by atoms with van der Waals surface area (Å²) in [5, 5.41) is 0. The van der Waals surface area contributed by atoms with Crippen LogP contribution in [0.15, 0.2) is 0 Å². The zero-order valence-corrected chi connectivity index (χ0v) is 8.70. The summed E-state index contributed by atoms with van der Waals surface area (Å²) in [7, 11) is 6.62. The van der Waals surface area contributed by atoms with E-state index < -0.39 is 5.79 Å². The summed E-state index contributed by atoms with van der Waals surface area (Å²) in [5.74, 6) is -0.0325. The molecule has 0 bridgehead atoms. The Morgan fingerprint density at radius 2 is 1.46 bits per heavy atom. The lowest BCUT2D eigenvalue weighted by Gasteiger charge is -2.46. The van der Waals surface area contributed by atoms with Gasteiger partial charge >= 0.3 is 0 Å². The van der Waals surface area contributed by atoms with E-state index in [9.17, 15) is 0 Å². The molecule has 78 valence electrons. The van der Waals surface area contributed by atoms with Crippen molar-refractivity contribution in [3.8, 4) is 0 Å². The molecule has 1 aliphatic rings. The fourth-order valence-electron chi connectivity index (χ4n) is 1.83. The highest BCUT2D eigenvalue weighted by Crippen LogP contribution is 2.43. The van der Waals surface area contributed by atoms with E-state index in [1.54, 1.807) is 28.4 Å². The first-order chi connectivity index (χ1) is 6.21. The predicted molar refractivity (Wildman–Crippen MR) is 47.3 cm³/mol. The van der Waals surface area contributed by atoms with Crippen LogP contribution in [0.25, 0.3) is 0 Å². The minimum Gasteiger partial charge on any atom is -0.356 e. The van der Waals surface area contributed by atoms with Gasteiger partial charge in [0, 0.05) is 47.2 Å². The Balaban J connectivity index is 2.38. The average molecular weight is 190 g/mol. The maximum atomic E-state index is 5.26. The summed E-state index contributed by atoms with van der Waals surface area (Å²) >= 11 is 0. The number of methoxy groups -OCH3 is 4. The monoisotopic (exact) mass is 190 g/mol. The summed E-state index contributed by atoms with van der Waals surface area (Å²) in [5.41, 5.74) is 0. The highest BCUT2D eigenvalue weighted by Gasteiger charge is 2.48. The summed E-state index contributed by atoms with van der Waals surface area (Å²) in [6.07, 6.45) is 1.51. The zero-order valence-electron chi connectivity index (χ0n) is 8.70. The van der Waals surface area contributed by atoms with Gasteiger partial charge in [-0.3, -0.25) is 0 Å². The predicted octanol–water partition coefficient (Wildman–Crippen LogP) is 1.00. The Bertz CT molecular complexity index is 144. The van der Waals surface area contributed by atoms with Gasteiger partial charge in [0.25, 0.3) is 0 Å². The number of ether oxygens (including phenoxy) is 4. The quantitative estimate of drug-likeness (QED) is 0.606. The smallest absolute Gasteiger partial charge is 0.168 e. The Morgan fingerprint density at radius 1 is 1.00 bits per heavy atom. The maximum Gasteiger partial charge on any atom is 0.168 e. The molecule has 0 aromatic carbocycles. The fraction of sp³-hybridized carbons (Fsp3) is 1.00. The van der Waals surface area contributed by atoms with Gasteiger partial charge in [0.15, 0.2) is 12.1 Å². The summed E-state index contributed by atoms with van der Waals surface area (Å²) in [6, 6.07) is 0. The first-order valence-electron chi connectivity index (χ1n) is 4.37. The third-order valence-electron chi connectivity index (χ3n) is 2.74. The summed E-state index contributed by atoms with van der Waals surface area (Å²) < 4.78 is 20.8.